The van der Waals surface area contributed by atoms with Crippen LogP contribution in [0.15, 0.2) is 97.5 Å². The zero-order valence-corrected chi connectivity index (χ0v) is 25.4. The summed E-state index contributed by atoms with van der Waals surface area (Å²) in [7, 11) is 0. The second kappa shape index (κ2) is 13.2. The molecule has 0 bridgehead atoms. The molecule has 4 heterocycles. The molecule has 3 aromatic carbocycles. The first kappa shape index (κ1) is 31.5. The van der Waals surface area contributed by atoms with Crippen molar-refractivity contribution in [3.63, 3.8) is 0 Å². The third kappa shape index (κ3) is 7.12. The van der Waals surface area contributed by atoms with E-state index < -0.39 is 17.8 Å². The van der Waals surface area contributed by atoms with E-state index in [1.54, 1.807) is 53.2 Å². The van der Waals surface area contributed by atoms with Gasteiger partial charge in [-0.3, -0.25) is 0 Å². The van der Waals surface area contributed by atoms with Crippen molar-refractivity contribution in [3.8, 4) is 40.0 Å². The predicted octanol–water partition coefficient (Wildman–Crippen LogP) is 6.58. The first-order valence-electron chi connectivity index (χ1n) is 14.9. The molecule has 3 N–H and O–H groups in total. The van der Waals surface area contributed by atoms with Gasteiger partial charge in [-0.25, -0.2) is 24.3 Å². The Kier molecular flexibility index (Phi) is 8.50. The Morgan fingerprint density at radius 2 is 1.71 bits per heavy atom. The van der Waals surface area contributed by atoms with Gasteiger partial charge in [0.2, 0.25) is 5.88 Å². The number of hydrogen-bond acceptors (Lipinski definition) is 9. The number of benzene rings is 3. The number of fused-ring (bicyclic) bond motifs is 1. The summed E-state index contributed by atoms with van der Waals surface area (Å²) in [6, 6.07) is 19.6. The van der Waals surface area contributed by atoms with Crippen LogP contribution < -0.4 is 20.1 Å². The van der Waals surface area contributed by atoms with E-state index in [4.69, 9.17) is 14.2 Å². The Balaban J connectivity index is 1.01. The highest BCUT2D eigenvalue weighted by molar-refractivity contribution is 6.02. The molecule has 0 unspecified atom stereocenters. The number of halogens is 3. The standard InChI is InChI=1S/C34H26F3N7O5/c35-34(36,37)23-6-9-27(22-3-1-2-20(12-22)17-45)28(13-23)42-32(46)41-24-14-39-33(40-15-24)49-25-7-4-21(5-8-25)29-16-38-30-10-11-31(43-44(29)30)48-26-18-47-19-26/h1-16,26,45H,17-19H2,(H2,41,42,46). The minimum Gasteiger partial charge on any atom is -0.468 e. The number of hydrogen-bond donors (Lipinski definition) is 3. The van der Waals surface area contributed by atoms with Crippen molar-refractivity contribution >= 4 is 23.1 Å². The molecule has 0 spiro atoms. The van der Waals surface area contributed by atoms with Gasteiger partial charge < -0.3 is 30.0 Å². The number of alkyl halides is 3. The molecule has 1 aliphatic rings. The van der Waals surface area contributed by atoms with Gasteiger partial charge in [-0.15, -0.1) is 5.10 Å². The van der Waals surface area contributed by atoms with Gasteiger partial charge >= 0.3 is 18.2 Å². The summed E-state index contributed by atoms with van der Waals surface area (Å²) in [5, 5.41) is 19.0. The fourth-order valence-electron chi connectivity index (χ4n) is 5.00. The number of anilines is 2. The molecular formula is C34H26F3N7O5. The molecule has 6 aromatic rings. The first-order valence-corrected chi connectivity index (χ1v) is 14.9. The number of carbonyl (C=O) groups excluding carboxylic acids is 1. The monoisotopic (exact) mass is 669 g/mol. The number of rotatable bonds is 9. The van der Waals surface area contributed by atoms with Crippen LogP contribution in [0.1, 0.15) is 11.1 Å². The molecule has 0 saturated carbocycles. The number of nitrogens with one attached hydrogen (secondary N) is 2. The summed E-state index contributed by atoms with van der Waals surface area (Å²) in [5.74, 6) is 0.915. The summed E-state index contributed by atoms with van der Waals surface area (Å²) in [5.41, 5.74) is 2.80. The number of amides is 2. The van der Waals surface area contributed by atoms with Crippen LogP contribution in [0.2, 0.25) is 0 Å². The van der Waals surface area contributed by atoms with Crippen LogP contribution in [0.5, 0.6) is 17.6 Å². The topological polar surface area (TPSA) is 145 Å². The highest BCUT2D eigenvalue weighted by Gasteiger charge is 2.31. The van der Waals surface area contributed by atoms with Crippen LogP contribution in [-0.4, -0.2) is 55.0 Å². The molecule has 0 radical (unpaired) electrons. The fraction of sp³-hybridized carbons (Fsp3) is 0.147. The van der Waals surface area contributed by atoms with Gasteiger partial charge in [0.15, 0.2) is 5.65 Å². The van der Waals surface area contributed by atoms with Gasteiger partial charge in [-0.1, -0.05) is 24.3 Å². The quantitative estimate of drug-likeness (QED) is 0.156. The van der Waals surface area contributed by atoms with Crippen molar-refractivity contribution in [2.45, 2.75) is 18.9 Å². The van der Waals surface area contributed by atoms with Crippen LogP contribution in [-0.2, 0) is 17.5 Å². The van der Waals surface area contributed by atoms with E-state index in [2.05, 4.69) is 30.7 Å². The molecule has 1 saturated heterocycles. The van der Waals surface area contributed by atoms with Crippen LogP contribution >= 0.6 is 0 Å². The molecule has 2 amide bonds. The number of carbonyl (C=O) groups is 1. The molecule has 248 valence electrons. The van der Waals surface area contributed by atoms with Crippen molar-refractivity contribution in [2.75, 3.05) is 23.8 Å². The molecule has 3 aromatic heterocycles. The van der Waals surface area contributed by atoms with Crippen LogP contribution in [0.25, 0.3) is 28.0 Å². The van der Waals surface area contributed by atoms with E-state index in [1.807, 2.05) is 18.2 Å². The largest absolute Gasteiger partial charge is 0.468 e. The average molecular weight is 670 g/mol. The maximum atomic E-state index is 13.5. The lowest BCUT2D eigenvalue weighted by Crippen LogP contribution is -2.38. The molecule has 0 aliphatic carbocycles. The summed E-state index contributed by atoms with van der Waals surface area (Å²) >= 11 is 0. The van der Waals surface area contributed by atoms with E-state index in [0.717, 1.165) is 23.4 Å². The van der Waals surface area contributed by atoms with E-state index in [1.165, 1.54) is 18.5 Å². The minimum atomic E-state index is -4.63. The maximum Gasteiger partial charge on any atom is 0.416 e. The maximum absolute atomic E-state index is 13.5. The Morgan fingerprint density at radius 1 is 0.918 bits per heavy atom. The minimum absolute atomic E-state index is 0.000807. The molecule has 7 rings (SSSR count). The van der Waals surface area contributed by atoms with Crippen LogP contribution in [0.4, 0.5) is 29.3 Å². The second-order valence-electron chi connectivity index (χ2n) is 10.9. The molecule has 12 nitrogen and oxygen atoms in total. The lowest BCUT2D eigenvalue weighted by molar-refractivity contribution is -0.137. The lowest BCUT2D eigenvalue weighted by atomic mass is 9.99. The highest BCUT2D eigenvalue weighted by Crippen LogP contribution is 2.36. The third-order valence-electron chi connectivity index (χ3n) is 7.49. The van der Waals surface area contributed by atoms with Gasteiger partial charge in [-0.05, 0) is 59.7 Å². The van der Waals surface area contributed by atoms with Crippen molar-refractivity contribution < 1.29 is 37.3 Å². The second-order valence-corrected chi connectivity index (χ2v) is 10.9. The van der Waals surface area contributed by atoms with Crippen molar-refractivity contribution in [2.24, 2.45) is 0 Å². The Bertz CT molecular complexity index is 2120. The number of ether oxygens (including phenoxy) is 3. The lowest BCUT2D eigenvalue weighted by Gasteiger charge is -2.25. The summed E-state index contributed by atoms with van der Waals surface area (Å²) in [4.78, 5) is 25.5. The number of nitrogens with zero attached hydrogens (tertiary/aromatic N) is 5. The SMILES string of the molecule is O=C(Nc1cnc(Oc2ccc(-c3cnc4ccc(OC5COC5)nn34)cc2)nc1)Nc1cc(C(F)(F)F)ccc1-c1cccc(CO)c1. The molecule has 49 heavy (non-hydrogen) atoms. The first-order chi connectivity index (χ1) is 23.7. The van der Waals surface area contributed by atoms with E-state index in [0.29, 0.717) is 47.2 Å². The van der Waals surface area contributed by atoms with E-state index >= 15 is 0 Å². The number of urea groups is 1. The average Bonchev–Trinajstić information content (AvgIpc) is 3.50. The number of aromatic nitrogens is 5. The van der Waals surface area contributed by atoms with Gasteiger partial charge in [0.25, 0.3) is 0 Å². The number of imidazole rings is 1. The molecule has 1 fully saturated rings. The van der Waals surface area contributed by atoms with Crippen LogP contribution in [0, 0.1) is 0 Å². The summed E-state index contributed by atoms with van der Waals surface area (Å²) < 4.78 is 58.9. The summed E-state index contributed by atoms with van der Waals surface area (Å²) in [6.07, 6.45) is -0.334. The molecule has 1 aliphatic heterocycles. The molecular weight excluding hydrogens is 643 g/mol. The number of aliphatic hydroxyl groups is 1. The zero-order valence-electron chi connectivity index (χ0n) is 25.4. The Hall–Kier alpha value is -6.06. The van der Waals surface area contributed by atoms with Crippen molar-refractivity contribution in [3.05, 3.63) is 109 Å². The highest BCUT2D eigenvalue weighted by atomic mass is 19.4. The third-order valence-corrected chi connectivity index (χ3v) is 7.49. The molecule has 0 atom stereocenters. The number of aliphatic hydroxyl groups excluding tert-OH is 1. The molecule has 15 heteroatoms. The van der Waals surface area contributed by atoms with Gasteiger partial charge in [0.05, 0.1) is 61.0 Å². The van der Waals surface area contributed by atoms with Crippen molar-refractivity contribution in [1.29, 1.82) is 0 Å². The van der Waals surface area contributed by atoms with Gasteiger partial charge in [0.1, 0.15) is 11.9 Å². The Labute approximate surface area is 276 Å². The smallest absolute Gasteiger partial charge is 0.416 e. The summed E-state index contributed by atoms with van der Waals surface area (Å²) in [6.45, 7) is 0.810. The van der Waals surface area contributed by atoms with Gasteiger partial charge in [0, 0.05) is 17.2 Å². The Morgan fingerprint density at radius 3 is 2.43 bits per heavy atom. The van der Waals surface area contributed by atoms with E-state index in [9.17, 15) is 23.1 Å². The van der Waals surface area contributed by atoms with Crippen molar-refractivity contribution in [1.82, 2.24) is 24.6 Å². The fourth-order valence-corrected chi connectivity index (χ4v) is 5.00. The van der Waals surface area contributed by atoms with E-state index in [-0.39, 0.29) is 30.1 Å². The van der Waals surface area contributed by atoms with Gasteiger partial charge in [-0.2, -0.15) is 13.2 Å². The normalized spacial score (nSPS) is 13.1. The van der Waals surface area contributed by atoms with Crippen LogP contribution in [0.3, 0.4) is 0 Å². The predicted molar refractivity (Wildman–Crippen MR) is 171 cm³/mol. The zero-order chi connectivity index (χ0) is 34.0.